The largest absolute Gasteiger partial charge is 0.497 e. The molecular formula is C23H18ClN3O2S. The zero-order valence-electron chi connectivity index (χ0n) is 16.1. The van der Waals surface area contributed by atoms with Crippen molar-refractivity contribution >= 4 is 34.7 Å². The normalized spacial score (nSPS) is 11.5. The van der Waals surface area contributed by atoms with Crippen molar-refractivity contribution in [2.24, 2.45) is 4.99 Å². The number of hydrogen-bond donors (Lipinski definition) is 1. The summed E-state index contributed by atoms with van der Waals surface area (Å²) in [4.78, 5) is 18.5. The Balaban J connectivity index is 1.92. The fourth-order valence-electron chi connectivity index (χ4n) is 3.03. The average Bonchev–Trinajstić information content (AvgIpc) is 3.10. The maximum atomic E-state index is 12.9. The molecule has 0 saturated carbocycles. The monoisotopic (exact) mass is 435 g/mol. The number of methoxy groups -OCH3 is 1. The second kappa shape index (κ2) is 8.57. The number of hydrogen-bond acceptors (Lipinski definition) is 4. The molecule has 0 aliphatic heterocycles. The van der Waals surface area contributed by atoms with Crippen LogP contribution < -0.4 is 15.3 Å². The Morgan fingerprint density at radius 3 is 2.33 bits per heavy atom. The number of amides is 1. The maximum absolute atomic E-state index is 12.9. The van der Waals surface area contributed by atoms with E-state index in [0.29, 0.717) is 21.2 Å². The van der Waals surface area contributed by atoms with Crippen molar-refractivity contribution in [2.75, 3.05) is 12.8 Å². The van der Waals surface area contributed by atoms with Crippen molar-refractivity contribution in [3.05, 3.63) is 94.3 Å². The molecule has 0 unspecified atom stereocenters. The van der Waals surface area contributed by atoms with Gasteiger partial charge >= 0.3 is 0 Å². The smallest absolute Gasteiger partial charge is 0.281 e. The quantitative estimate of drug-likeness (QED) is 0.479. The number of carbonyl (C=O) groups excluding carboxylic acids is 1. The van der Waals surface area contributed by atoms with E-state index in [2.05, 4.69) is 4.99 Å². The SMILES string of the molecule is COc1ccc(-n2c(N)c(-c3ccccc3)sc2=NC(=O)c2ccccc2Cl)cc1. The number of ether oxygens (including phenoxy) is 1. The highest BCUT2D eigenvalue weighted by Gasteiger charge is 2.16. The molecule has 1 aromatic heterocycles. The van der Waals surface area contributed by atoms with E-state index in [0.717, 1.165) is 21.9 Å². The number of rotatable bonds is 4. The van der Waals surface area contributed by atoms with Crippen LogP contribution in [0.5, 0.6) is 5.75 Å². The van der Waals surface area contributed by atoms with Gasteiger partial charge in [0.15, 0.2) is 4.80 Å². The van der Waals surface area contributed by atoms with Gasteiger partial charge in [0.2, 0.25) is 0 Å². The number of nitrogen functional groups attached to an aromatic ring is 1. The number of thiazole rings is 1. The van der Waals surface area contributed by atoms with E-state index in [4.69, 9.17) is 22.1 Å². The third-order valence-electron chi connectivity index (χ3n) is 4.53. The van der Waals surface area contributed by atoms with Crippen molar-refractivity contribution < 1.29 is 9.53 Å². The standard InChI is InChI=1S/C23H18ClN3O2S/c1-29-17-13-11-16(12-14-17)27-21(25)20(15-7-3-2-4-8-15)30-23(27)26-22(28)18-9-5-6-10-19(18)24/h2-14H,25H2,1H3. The molecule has 7 heteroatoms. The zero-order valence-corrected chi connectivity index (χ0v) is 17.7. The summed E-state index contributed by atoms with van der Waals surface area (Å²) in [5.41, 5.74) is 8.60. The van der Waals surface area contributed by atoms with Crippen LogP contribution in [0.4, 0.5) is 5.82 Å². The third-order valence-corrected chi connectivity index (χ3v) is 5.96. The van der Waals surface area contributed by atoms with Crippen LogP contribution in [0, 0.1) is 0 Å². The van der Waals surface area contributed by atoms with Crippen molar-refractivity contribution in [2.45, 2.75) is 0 Å². The molecular weight excluding hydrogens is 418 g/mol. The summed E-state index contributed by atoms with van der Waals surface area (Å²) >= 11 is 7.53. The summed E-state index contributed by atoms with van der Waals surface area (Å²) in [6.07, 6.45) is 0. The Morgan fingerprint density at radius 1 is 1.00 bits per heavy atom. The van der Waals surface area contributed by atoms with Gasteiger partial charge in [-0.1, -0.05) is 65.4 Å². The average molecular weight is 436 g/mol. The Morgan fingerprint density at radius 2 is 1.67 bits per heavy atom. The highest BCUT2D eigenvalue weighted by molar-refractivity contribution is 7.13. The van der Waals surface area contributed by atoms with Gasteiger partial charge in [-0.3, -0.25) is 9.36 Å². The summed E-state index contributed by atoms with van der Waals surface area (Å²) in [6.45, 7) is 0. The Bertz CT molecular complexity index is 1260. The lowest BCUT2D eigenvalue weighted by molar-refractivity contribution is 0.0998. The van der Waals surface area contributed by atoms with Crippen molar-refractivity contribution in [1.29, 1.82) is 0 Å². The fraction of sp³-hybridized carbons (Fsp3) is 0.0435. The lowest BCUT2D eigenvalue weighted by Gasteiger charge is -2.08. The van der Waals surface area contributed by atoms with Crippen LogP contribution in [0.15, 0.2) is 83.9 Å². The van der Waals surface area contributed by atoms with E-state index in [1.165, 1.54) is 11.3 Å². The molecule has 30 heavy (non-hydrogen) atoms. The first-order valence-electron chi connectivity index (χ1n) is 9.13. The van der Waals surface area contributed by atoms with Gasteiger partial charge in [-0.15, -0.1) is 0 Å². The first-order chi connectivity index (χ1) is 14.6. The summed E-state index contributed by atoms with van der Waals surface area (Å²) in [7, 11) is 1.61. The molecule has 0 radical (unpaired) electrons. The van der Waals surface area contributed by atoms with Crippen LogP contribution in [-0.2, 0) is 0 Å². The molecule has 0 bridgehead atoms. The highest BCUT2D eigenvalue weighted by atomic mass is 35.5. The highest BCUT2D eigenvalue weighted by Crippen LogP contribution is 2.31. The molecule has 3 aromatic carbocycles. The molecule has 5 nitrogen and oxygen atoms in total. The van der Waals surface area contributed by atoms with Crippen LogP contribution in [-0.4, -0.2) is 17.6 Å². The molecule has 0 spiro atoms. The summed E-state index contributed by atoms with van der Waals surface area (Å²) < 4.78 is 7.01. The van der Waals surface area contributed by atoms with Crippen molar-refractivity contribution in [3.8, 4) is 21.9 Å². The lowest BCUT2D eigenvalue weighted by Crippen LogP contribution is -2.17. The van der Waals surface area contributed by atoms with E-state index >= 15 is 0 Å². The topological polar surface area (TPSA) is 69.6 Å². The van der Waals surface area contributed by atoms with Gasteiger partial charge in [-0.25, -0.2) is 0 Å². The first kappa shape index (κ1) is 19.9. The summed E-state index contributed by atoms with van der Waals surface area (Å²) in [5.74, 6) is 0.799. The minimum atomic E-state index is -0.427. The summed E-state index contributed by atoms with van der Waals surface area (Å²) in [6, 6.07) is 24.0. The van der Waals surface area contributed by atoms with Gasteiger partial charge < -0.3 is 10.5 Å². The number of aromatic nitrogens is 1. The number of nitrogens with two attached hydrogens (primary N) is 1. The van der Waals surface area contributed by atoms with Crippen LogP contribution >= 0.6 is 22.9 Å². The molecule has 1 amide bonds. The van der Waals surface area contributed by atoms with Crippen molar-refractivity contribution in [3.63, 3.8) is 0 Å². The van der Waals surface area contributed by atoms with Crippen LogP contribution in [0.1, 0.15) is 10.4 Å². The molecule has 0 fully saturated rings. The molecule has 0 saturated heterocycles. The molecule has 4 aromatic rings. The van der Waals surface area contributed by atoms with Crippen LogP contribution in [0.3, 0.4) is 0 Å². The molecule has 0 aliphatic rings. The minimum absolute atomic E-state index is 0.341. The predicted octanol–water partition coefficient (Wildman–Crippen LogP) is 5.19. The fourth-order valence-corrected chi connectivity index (χ4v) is 4.30. The number of benzene rings is 3. The molecule has 0 aliphatic carbocycles. The number of carbonyl (C=O) groups is 1. The van der Waals surface area contributed by atoms with Gasteiger partial charge in [0.25, 0.3) is 5.91 Å². The molecule has 4 rings (SSSR count). The summed E-state index contributed by atoms with van der Waals surface area (Å²) in [5, 5.41) is 0.357. The maximum Gasteiger partial charge on any atom is 0.281 e. The molecule has 150 valence electrons. The minimum Gasteiger partial charge on any atom is -0.497 e. The van der Waals surface area contributed by atoms with Gasteiger partial charge in [0.05, 0.1) is 28.3 Å². The number of nitrogens with zero attached hydrogens (tertiary/aromatic N) is 2. The van der Waals surface area contributed by atoms with Crippen molar-refractivity contribution in [1.82, 2.24) is 4.57 Å². The number of anilines is 1. The molecule has 2 N–H and O–H groups in total. The van der Waals surface area contributed by atoms with Gasteiger partial charge in [0.1, 0.15) is 11.6 Å². The van der Waals surface area contributed by atoms with Crippen LogP contribution in [0.25, 0.3) is 16.1 Å². The zero-order chi connectivity index (χ0) is 21.1. The van der Waals surface area contributed by atoms with Crippen LogP contribution in [0.2, 0.25) is 5.02 Å². The van der Waals surface area contributed by atoms with E-state index < -0.39 is 5.91 Å². The van der Waals surface area contributed by atoms with E-state index in [1.807, 2.05) is 54.6 Å². The Kier molecular flexibility index (Phi) is 5.70. The second-order valence-electron chi connectivity index (χ2n) is 6.40. The van der Waals surface area contributed by atoms with E-state index in [9.17, 15) is 4.79 Å². The van der Waals surface area contributed by atoms with Gasteiger partial charge in [0, 0.05) is 0 Å². The van der Waals surface area contributed by atoms with Gasteiger partial charge in [-0.05, 0) is 42.0 Å². The first-order valence-corrected chi connectivity index (χ1v) is 10.3. The third kappa shape index (κ3) is 3.87. The number of halogens is 1. The lowest BCUT2D eigenvalue weighted by atomic mass is 10.2. The predicted molar refractivity (Wildman–Crippen MR) is 121 cm³/mol. The molecule has 1 heterocycles. The Labute approximate surface area is 182 Å². The van der Waals surface area contributed by atoms with Gasteiger partial charge in [-0.2, -0.15) is 4.99 Å². The van der Waals surface area contributed by atoms with E-state index in [-0.39, 0.29) is 0 Å². The van der Waals surface area contributed by atoms with E-state index in [1.54, 1.807) is 35.9 Å². The Hall–Kier alpha value is -3.35. The molecule has 0 atom stereocenters. The second-order valence-corrected chi connectivity index (χ2v) is 7.78.